The van der Waals surface area contributed by atoms with Gasteiger partial charge >= 0.3 is 0 Å². The van der Waals surface area contributed by atoms with E-state index in [1.54, 1.807) is 0 Å². The molecule has 4 rings (SSSR count). The van der Waals surface area contributed by atoms with Gasteiger partial charge in [-0.15, -0.1) is 0 Å². The Labute approximate surface area is 166 Å². The zero-order valence-corrected chi connectivity index (χ0v) is 15.2. The van der Waals surface area contributed by atoms with Gasteiger partial charge in [0.2, 0.25) is 0 Å². The van der Waals surface area contributed by atoms with Gasteiger partial charge < -0.3 is 9.84 Å². The maximum absolute atomic E-state index is 13.1. The molecular formula is C22H16N2O5. The van der Waals surface area contributed by atoms with Crippen LogP contribution in [-0.4, -0.2) is 15.8 Å². The second-order valence-electron chi connectivity index (χ2n) is 6.99. The zero-order valence-electron chi connectivity index (χ0n) is 15.2. The number of hydrogen-bond acceptors (Lipinski definition) is 6. The molecule has 2 aromatic carbocycles. The number of benzene rings is 2. The molecular weight excluding hydrogens is 372 g/mol. The van der Waals surface area contributed by atoms with Crippen LogP contribution >= 0.6 is 0 Å². The van der Waals surface area contributed by atoms with Gasteiger partial charge in [-0.25, -0.2) is 0 Å². The molecule has 0 amide bonds. The summed E-state index contributed by atoms with van der Waals surface area (Å²) in [6.07, 6.45) is 0.673. The molecule has 2 atom stereocenters. The van der Waals surface area contributed by atoms with Crippen molar-refractivity contribution < 1.29 is 19.6 Å². The van der Waals surface area contributed by atoms with Crippen LogP contribution < -0.4 is 0 Å². The van der Waals surface area contributed by atoms with Crippen molar-refractivity contribution in [3.8, 4) is 6.07 Å². The lowest BCUT2D eigenvalue weighted by molar-refractivity contribution is -0.384. The van der Waals surface area contributed by atoms with Gasteiger partial charge in [0.1, 0.15) is 17.4 Å². The third kappa shape index (κ3) is 3.25. The molecule has 0 bridgehead atoms. The number of allylic oxidation sites excluding steroid dienone is 3. The highest BCUT2D eigenvalue weighted by molar-refractivity contribution is 6.00. The van der Waals surface area contributed by atoms with Crippen molar-refractivity contribution in [1.82, 2.24) is 0 Å². The monoisotopic (exact) mass is 388 g/mol. The molecule has 7 heteroatoms. The Morgan fingerprint density at radius 1 is 1.07 bits per heavy atom. The molecule has 2 aromatic rings. The minimum Gasteiger partial charge on any atom is -0.480 e. The van der Waals surface area contributed by atoms with Crippen molar-refractivity contribution in [1.29, 1.82) is 5.26 Å². The van der Waals surface area contributed by atoms with Crippen molar-refractivity contribution in [3.63, 3.8) is 0 Å². The van der Waals surface area contributed by atoms with Gasteiger partial charge in [0, 0.05) is 30.5 Å². The number of nitro groups is 1. The summed E-state index contributed by atoms with van der Waals surface area (Å²) in [5.41, 5.74) is 1.67. The molecule has 0 saturated carbocycles. The molecule has 0 aromatic heterocycles. The van der Waals surface area contributed by atoms with Crippen LogP contribution in [-0.2, 0) is 9.53 Å². The first-order valence-electron chi connectivity index (χ1n) is 9.06. The normalized spacial score (nSPS) is 21.3. The van der Waals surface area contributed by atoms with Crippen LogP contribution in [0.3, 0.4) is 0 Å². The van der Waals surface area contributed by atoms with Crippen molar-refractivity contribution in [3.05, 3.63) is 98.7 Å². The second kappa shape index (κ2) is 7.24. The van der Waals surface area contributed by atoms with E-state index in [0.29, 0.717) is 23.3 Å². The third-order valence-electron chi connectivity index (χ3n) is 5.32. The molecule has 2 aliphatic rings. The Bertz CT molecular complexity index is 1090. The van der Waals surface area contributed by atoms with Crippen LogP contribution in [0.4, 0.5) is 5.69 Å². The predicted octanol–water partition coefficient (Wildman–Crippen LogP) is 4.40. The topological polar surface area (TPSA) is 113 Å². The minimum absolute atomic E-state index is 0.0795. The minimum atomic E-state index is -0.811. The molecule has 7 nitrogen and oxygen atoms in total. The average Bonchev–Trinajstić information content (AvgIpc) is 2.73. The molecule has 1 aliphatic heterocycles. The first kappa shape index (κ1) is 18.4. The van der Waals surface area contributed by atoms with Crippen LogP contribution in [0.25, 0.3) is 0 Å². The Balaban J connectivity index is 1.77. The molecule has 1 N–H and O–H groups in total. The molecule has 29 heavy (non-hydrogen) atoms. The summed E-state index contributed by atoms with van der Waals surface area (Å²) in [5, 5.41) is 30.8. The number of hydrogen-bond donors (Lipinski definition) is 1. The summed E-state index contributed by atoms with van der Waals surface area (Å²) in [6, 6.07) is 17.1. The third-order valence-corrected chi connectivity index (χ3v) is 5.32. The number of nitriles is 1. The molecule has 0 unspecified atom stereocenters. The Morgan fingerprint density at radius 2 is 1.76 bits per heavy atom. The Hall–Kier alpha value is -3.92. The lowest BCUT2D eigenvalue weighted by Gasteiger charge is -2.33. The maximum Gasteiger partial charge on any atom is 0.297 e. The van der Waals surface area contributed by atoms with E-state index in [-0.39, 0.29) is 29.4 Å². The SMILES string of the molecule is N#CC1=C(O)OC2=C(C(=O)C[C@@H](c3ccccc3)C2)[C@@H]1c1ccc([N+](=O)[O-])cc1. The quantitative estimate of drug-likeness (QED) is 0.616. The van der Waals surface area contributed by atoms with Crippen molar-refractivity contribution in [2.75, 3.05) is 0 Å². The van der Waals surface area contributed by atoms with E-state index in [2.05, 4.69) is 0 Å². The summed E-state index contributed by atoms with van der Waals surface area (Å²) < 4.78 is 5.49. The van der Waals surface area contributed by atoms with Crippen LogP contribution in [0.1, 0.15) is 35.8 Å². The van der Waals surface area contributed by atoms with Gasteiger partial charge in [-0.3, -0.25) is 14.9 Å². The molecule has 1 heterocycles. The second-order valence-corrected chi connectivity index (χ2v) is 6.99. The number of nitro benzene ring substituents is 1. The van der Waals surface area contributed by atoms with Gasteiger partial charge in [0.05, 0.1) is 10.8 Å². The Kier molecular flexibility index (Phi) is 4.61. The number of carbonyl (C=O) groups is 1. The highest BCUT2D eigenvalue weighted by Crippen LogP contribution is 2.47. The summed E-state index contributed by atoms with van der Waals surface area (Å²) in [7, 11) is 0. The fourth-order valence-electron chi connectivity index (χ4n) is 3.95. The zero-order chi connectivity index (χ0) is 20.5. The fourth-order valence-corrected chi connectivity index (χ4v) is 3.95. The predicted molar refractivity (Wildman–Crippen MR) is 103 cm³/mol. The summed E-state index contributed by atoms with van der Waals surface area (Å²) in [6.45, 7) is 0. The van der Waals surface area contributed by atoms with Crippen molar-refractivity contribution >= 4 is 11.5 Å². The van der Waals surface area contributed by atoms with Crippen LogP contribution in [0.2, 0.25) is 0 Å². The Morgan fingerprint density at radius 3 is 2.38 bits per heavy atom. The van der Waals surface area contributed by atoms with Gasteiger partial charge in [0.25, 0.3) is 11.6 Å². The lowest BCUT2D eigenvalue weighted by atomic mass is 9.74. The number of ketones is 1. The molecule has 0 saturated heterocycles. The number of carbonyl (C=O) groups excluding carboxylic acids is 1. The fraction of sp³-hybridized carbons (Fsp3) is 0.182. The van der Waals surface area contributed by atoms with Gasteiger partial charge in [-0.05, 0) is 17.0 Å². The standard InChI is InChI=1S/C22H16N2O5/c23-12-17-20(14-6-8-16(9-7-14)24(27)28)21-18(25)10-15(11-19(21)29-22(17)26)13-4-2-1-3-5-13/h1-9,15,20,26H,10-11H2/t15-,20-/m1/s1. The van der Waals surface area contributed by atoms with Crippen LogP contribution in [0.5, 0.6) is 0 Å². The number of aliphatic hydroxyl groups excluding tert-OH is 1. The van der Waals surface area contributed by atoms with Gasteiger partial charge in [0.15, 0.2) is 5.78 Å². The highest BCUT2D eigenvalue weighted by atomic mass is 16.6. The first-order valence-corrected chi connectivity index (χ1v) is 9.06. The molecule has 1 aliphatic carbocycles. The molecule has 144 valence electrons. The summed E-state index contributed by atoms with van der Waals surface area (Å²) in [4.78, 5) is 23.5. The van der Waals surface area contributed by atoms with E-state index in [4.69, 9.17) is 4.74 Å². The largest absolute Gasteiger partial charge is 0.480 e. The number of ether oxygens (including phenoxy) is 1. The van der Waals surface area contributed by atoms with E-state index >= 15 is 0 Å². The van der Waals surface area contributed by atoms with E-state index in [0.717, 1.165) is 5.56 Å². The first-order chi connectivity index (χ1) is 14.0. The van der Waals surface area contributed by atoms with Crippen molar-refractivity contribution in [2.24, 2.45) is 0 Å². The number of Topliss-reactive ketones (excluding diaryl/α,β-unsaturated/α-hetero) is 1. The average molecular weight is 388 g/mol. The number of nitrogens with zero attached hydrogens (tertiary/aromatic N) is 2. The summed E-state index contributed by atoms with van der Waals surface area (Å²) >= 11 is 0. The van der Waals surface area contributed by atoms with Crippen molar-refractivity contribution in [2.45, 2.75) is 24.7 Å². The van der Waals surface area contributed by atoms with E-state index in [1.165, 1.54) is 24.3 Å². The number of non-ortho nitro benzene ring substituents is 1. The lowest BCUT2D eigenvalue weighted by Crippen LogP contribution is -2.28. The van der Waals surface area contributed by atoms with E-state index < -0.39 is 16.8 Å². The number of rotatable bonds is 3. The smallest absolute Gasteiger partial charge is 0.297 e. The summed E-state index contributed by atoms with van der Waals surface area (Å²) in [5.74, 6) is -1.25. The number of aliphatic hydroxyl groups is 1. The van der Waals surface area contributed by atoms with Gasteiger partial charge in [-0.2, -0.15) is 5.26 Å². The van der Waals surface area contributed by atoms with Crippen LogP contribution in [0.15, 0.2) is 77.4 Å². The highest BCUT2D eigenvalue weighted by Gasteiger charge is 2.41. The molecule has 0 fully saturated rings. The van der Waals surface area contributed by atoms with Gasteiger partial charge in [-0.1, -0.05) is 42.5 Å². The molecule has 0 spiro atoms. The maximum atomic E-state index is 13.1. The molecule has 0 radical (unpaired) electrons. The van der Waals surface area contributed by atoms with E-state index in [9.17, 15) is 25.3 Å². The van der Waals surface area contributed by atoms with Crippen LogP contribution in [0, 0.1) is 21.4 Å². The van der Waals surface area contributed by atoms with E-state index in [1.807, 2.05) is 36.4 Å².